The van der Waals surface area contributed by atoms with Gasteiger partial charge in [0.2, 0.25) is 5.91 Å². The Morgan fingerprint density at radius 1 is 1.50 bits per heavy atom. The molecule has 1 amide bonds. The standard InChI is InChI=1S/C9H19N2O/c1-4-11(2,3)8-10-7-5-6-9(10)12/h4-8H2,1-3H3/q+1. The van der Waals surface area contributed by atoms with Gasteiger partial charge in [-0.25, -0.2) is 0 Å². The summed E-state index contributed by atoms with van der Waals surface area (Å²) in [6.45, 7) is 5.06. The van der Waals surface area contributed by atoms with E-state index in [0.717, 1.165) is 37.1 Å². The molecule has 0 aromatic carbocycles. The fraction of sp³-hybridized carbons (Fsp3) is 0.889. The van der Waals surface area contributed by atoms with Crippen molar-refractivity contribution in [3.05, 3.63) is 0 Å². The lowest BCUT2D eigenvalue weighted by molar-refractivity contribution is -0.897. The molecule has 0 N–H and O–H groups in total. The largest absolute Gasteiger partial charge is 0.312 e. The Balaban J connectivity index is 2.45. The Hall–Kier alpha value is -0.570. The van der Waals surface area contributed by atoms with E-state index in [1.165, 1.54) is 0 Å². The van der Waals surface area contributed by atoms with Crippen LogP contribution in [-0.4, -0.2) is 49.1 Å². The molecular weight excluding hydrogens is 152 g/mol. The van der Waals surface area contributed by atoms with Crippen LogP contribution < -0.4 is 0 Å². The van der Waals surface area contributed by atoms with Gasteiger partial charge in [0.25, 0.3) is 0 Å². The molecule has 0 unspecified atom stereocenters. The van der Waals surface area contributed by atoms with Crippen LogP contribution in [0.1, 0.15) is 19.8 Å². The van der Waals surface area contributed by atoms with E-state index in [4.69, 9.17) is 0 Å². The van der Waals surface area contributed by atoms with Crippen molar-refractivity contribution in [1.29, 1.82) is 0 Å². The Morgan fingerprint density at radius 3 is 2.58 bits per heavy atom. The maximum absolute atomic E-state index is 11.3. The van der Waals surface area contributed by atoms with E-state index >= 15 is 0 Å². The zero-order valence-electron chi connectivity index (χ0n) is 8.34. The van der Waals surface area contributed by atoms with E-state index in [1.807, 2.05) is 4.90 Å². The number of hydrogen-bond donors (Lipinski definition) is 0. The highest BCUT2D eigenvalue weighted by Crippen LogP contribution is 2.11. The van der Waals surface area contributed by atoms with Gasteiger partial charge < -0.3 is 4.48 Å². The molecule has 0 aliphatic carbocycles. The maximum Gasteiger partial charge on any atom is 0.226 e. The van der Waals surface area contributed by atoms with Crippen LogP contribution in [0.5, 0.6) is 0 Å². The molecule has 1 aliphatic rings. The summed E-state index contributed by atoms with van der Waals surface area (Å²) < 4.78 is 0.908. The van der Waals surface area contributed by atoms with Crippen LogP contribution in [-0.2, 0) is 4.79 Å². The van der Waals surface area contributed by atoms with Gasteiger partial charge in [-0.05, 0) is 13.3 Å². The van der Waals surface area contributed by atoms with Crippen LogP contribution >= 0.6 is 0 Å². The molecule has 0 spiro atoms. The molecule has 0 atom stereocenters. The van der Waals surface area contributed by atoms with Crippen LogP contribution in [0, 0.1) is 0 Å². The zero-order valence-corrected chi connectivity index (χ0v) is 8.34. The monoisotopic (exact) mass is 171 g/mol. The fourth-order valence-electron chi connectivity index (χ4n) is 1.42. The van der Waals surface area contributed by atoms with E-state index in [0.29, 0.717) is 5.91 Å². The number of nitrogens with zero attached hydrogens (tertiary/aromatic N) is 2. The van der Waals surface area contributed by atoms with Crippen molar-refractivity contribution in [2.75, 3.05) is 33.9 Å². The second-order valence-electron chi connectivity index (χ2n) is 4.15. The summed E-state index contributed by atoms with van der Waals surface area (Å²) >= 11 is 0. The van der Waals surface area contributed by atoms with Crippen molar-refractivity contribution >= 4 is 5.91 Å². The highest BCUT2D eigenvalue weighted by Gasteiger charge is 2.25. The molecule has 0 radical (unpaired) electrons. The van der Waals surface area contributed by atoms with E-state index < -0.39 is 0 Å². The third-order valence-corrected chi connectivity index (χ3v) is 2.58. The number of hydrogen-bond acceptors (Lipinski definition) is 1. The molecule has 3 nitrogen and oxygen atoms in total. The summed E-state index contributed by atoms with van der Waals surface area (Å²) in [5, 5.41) is 0. The Kier molecular flexibility index (Phi) is 2.73. The van der Waals surface area contributed by atoms with Gasteiger partial charge in [-0.1, -0.05) is 0 Å². The van der Waals surface area contributed by atoms with E-state index in [2.05, 4.69) is 21.0 Å². The average Bonchev–Trinajstić information content (AvgIpc) is 2.36. The first-order valence-electron chi connectivity index (χ1n) is 4.65. The lowest BCUT2D eigenvalue weighted by atomic mass is 10.4. The van der Waals surface area contributed by atoms with Crippen LogP contribution in [0.3, 0.4) is 0 Å². The van der Waals surface area contributed by atoms with Crippen molar-refractivity contribution in [3.8, 4) is 0 Å². The molecule has 0 aromatic heterocycles. The maximum atomic E-state index is 11.3. The smallest absolute Gasteiger partial charge is 0.226 e. The van der Waals surface area contributed by atoms with Gasteiger partial charge in [0, 0.05) is 13.0 Å². The number of amides is 1. The van der Waals surface area contributed by atoms with Gasteiger partial charge in [-0.2, -0.15) is 0 Å². The molecule has 0 bridgehead atoms. The summed E-state index contributed by atoms with van der Waals surface area (Å²) in [5.74, 6) is 0.328. The van der Waals surface area contributed by atoms with Crippen LogP contribution in [0.25, 0.3) is 0 Å². The number of carbonyl (C=O) groups is 1. The average molecular weight is 171 g/mol. The summed E-state index contributed by atoms with van der Waals surface area (Å²) in [6, 6.07) is 0. The summed E-state index contributed by atoms with van der Waals surface area (Å²) in [5.41, 5.74) is 0. The van der Waals surface area contributed by atoms with E-state index in [-0.39, 0.29) is 0 Å². The number of rotatable bonds is 3. The molecule has 12 heavy (non-hydrogen) atoms. The van der Waals surface area contributed by atoms with Gasteiger partial charge in [-0.15, -0.1) is 0 Å². The van der Waals surface area contributed by atoms with Crippen molar-refractivity contribution in [1.82, 2.24) is 4.90 Å². The molecule has 0 saturated carbocycles. The number of likely N-dealkylation sites (tertiary alicyclic amines) is 1. The van der Waals surface area contributed by atoms with Crippen LogP contribution in [0.2, 0.25) is 0 Å². The SMILES string of the molecule is CC[N+](C)(C)CN1CCCC1=O. The third-order valence-electron chi connectivity index (χ3n) is 2.58. The normalized spacial score (nSPS) is 18.9. The van der Waals surface area contributed by atoms with Crippen molar-refractivity contribution in [2.45, 2.75) is 19.8 Å². The minimum absolute atomic E-state index is 0.328. The molecular formula is C9H19N2O+. The Bertz CT molecular complexity index is 177. The number of carbonyl (C=O) groups excluding carboxylic acids is 1. The lowest BCUT2D eigenvalue weighted by Crippen LogP contribution is -2.48. The summed E-state index contributed by atoms with van der Waals surface area (Å²) in [6.07, 6.45) is 1.80. The molecule has 1 rings (SSSR count). The first-order valence-corrected chi connectivity index (χ1v) is 4.65. The van der Waals surface area contributed by atoms with Crippen molar-refractivity contribution in [3.63, 3.8) is 0 Å². The van der Waals surface area contributed by atoms with Crippen LogP contribution in [0.15, 0.2) is 0 Å². The van der Waals surface area contributed by atoms with Gasteiger partial charge in [-0.3, -0.25) is 9.69 Å². The molecule has 3 heteroatoms. The third kappa shape index (κ3) is 2.21. The second kappa shape index (κ2) is 3.44. The first-order chi connectivity index (χ1) is 5.55. The van der Waals surface area contributed by atoms with E-state index in [1.54, 1.807) is 0 Å². The Morgan fingerprint density at radius 2 is 2.17 bits per heavy atom. The van der Waals surface area contributed by atoms with Gasteiger partial charge in [0.15, 0.2) is 6.67 Å². The first kappa shape index (κ1) is 9.52. The van der Waals surface area contributed by atoms with Crippen LogP contribution in [0.4, 0.5) is 0 Å². The molecule has 1 fully saturated rings. The predicted molar refractivity (Wildman–Crippen MR) is 48.5 cm³/mol. The molecule has 0 aromatic rings. The zero-order chi connectivity index (χ0) is 9.19. The topological polar surface area (TPSA) is 20.3 Å². The molecule has 1 heterocycles. The number of quaternary nitrogens is 1. The molecule has 1 aliphatic heterocycles. The fourth-order valence-corrected chi connectivity index (χ4v) is 1.42. The predicted octanol–water partition coefficient (Wildman–Crippen LogP) is 0.663. The Labute approximate surface area is 74.5 Å². The minimum atomic E-state index is 0.328. The molecule has 70 valence electrons. The highest BCUT2D eigenvalue weighted by molar-refractivity contribution is 5.77. The van der Waals surface area contributed by atoms with Gasteiger partial charge in [0.05, 0.1) is 20.6 Å². The highest BCUT2D eigenvalue weighted by atomic mass is 16.2. The van der Waals surface area contributed by atoms with Crippen molar-refractivity contribution < 1.29 is 9.28 Å². The molecule has 1 saturated heterocycles. The minimum Gasteiger partial charge on any atom is -0.312 e. The quantitative estimate of drug-likeness (QED) is 0.571. The summed E-state index contributed by atoms with van der Waals surface area (Å²) in [7, 11) is 4.32. The van der Waals surface area contributed by atoms with E-state index in [9.17, 15) is 4.79 Å². The second-order valence-corrected chi connectivity index (χ2v) is 4.15. The lowest BCUT2D eigenvalue weighted by Gasteiger charge is -2.32. The van der Waals surface area contributed by atoms with Gasteiger partial charge in [0.1, 0.15) is 0 Å². The van der Waals surface area contributed by atoms with Gasteiger partial charge >= 0.3 is 0 Å². The van der Waals surface area contributed by atoms with Crippen molar-refractivity contribution in [2.24, 2.45) is 0 Å². The summed E-state index contributed by atoms with van der Waals surface area (Å²) in [4.78, 5) is 13.3.